The quantitative estimate of drug-likeness (QED) is 0.704. The van der Waals surface area contributed by atoms with Gasteiger partial charge in [-0.1, -0.05) is 0 Å². The molecule has 1 atom stereocenters. The third-order valence-corrected chi connectivity index (χ3v) is 4.99. The maximum absolute atomic E-state index is 12.8. The molecule has 1 unspecified atom stereocenters. The molecule has 3 aromatic rings. The van der Waals surface area contributed by atoms with Crippen LogP contribution in [-0.4, -0.2) is 44.7 Å². The number of piperidine rings is 1. The van der Waals surface area contributed by atoms with Crippen LogP contribution in [0.25, 0.3) is 5.65 Å². The van der Waals surface area contributed by atoms with E-state index in [-0.39, 0.29) is 17.7 Å². The molecule has 1 aliphatic rings. The van der Waals surface area contributed by atoms with E-state index in [9.17, 15) is 9.59 Å². The van der Waals surface area contributed by atoms with Crippen molar-refractivity contribution in [3.63, 3.8) is 0 Å². The molecule has 1 fully saturated rings. The van der Waals surface area contributed by atoms with E-state index < -0.39 is 0 Å². The summed E-state index contributed by atoms with van der Waals surface area (Å²) in [6.45, 7) is 4.78. The van der Waals surface area contributed by atoms with Crippen molar-refractivity contribution in [3.05, 3.63) is 42.2 Å². The summed E-state index contributed by atoms with van der Waals surface area (Å²) in [4.78, 5) is 26.0. The number of aryl methyl sites for hydroxylation is 1. The van der Waals surface area contributed by atoms with Crippen LogP contribution in [0.1, 0.15) is 25.6 Å². The molecule has 0 aliphatic carbocycles. The zero-order chi connectivity index (χ0) is 20.4. The minimum absolute atomic E-state index is 0.0106. The molecule has 9 heteroatoms. The number of benzene rings is 1. The second-order valence-electron chi connectivity index (χ2n) is 7.24. The van der Waals surface area contributed by atoms with Crippen molar-refractivity contribution in [2.45, 2.75) is 26.7 Å². The first-order valence-electron chi connectivity index (χ1n) is 9.62. The number of hydrogen-bond acceptors (Lipinski definition) is 6. The molecule has 29 heavy (non-hydrogen) atoms. The molecule has 1 aliphatic heterocycles. The molecule has 0 spiro atoms. The normalized spacial score (nSPS) is 16.6. The first-order valence-corrected chi connectivity index (χ1v) is 9.62. The minimum atomic E-state index is -0.127. The predicted molar refractivity (Wildman–Crippen MR) is 110 cm³/mol. The molecule has 0 radical (unpaired) electrons. The molecule has 1 saturated heterocycles. The summed E-state index contributed by atoms with van der Waals surface area (Å²) >= 11 is 0. The van der Waals surface area contributed by atoms with Crippen LogP contribution >= 0.6 is 0 Å². The van der Waals surface area contributed by atoms with Crippen LogP contribution in [0.4, 0.5) is 17.2 Å². The number of nitrogens with zero attached hydrogens (tertiary/aromatic N) is 5. The molecule has 3 heterocycles. The van der Waals surface area contributed by atoms with Crippen molar-refractivity contribution < 1.29 is 9.59 Å². The highest BCUT2D eigenvalue weighted by Gasteiger charge is 2.27. The second-order valence-corrected chi connectivity index (χ2v) is 7.24. The number of nitrogens with one attached hydrogen (secondary N) is 2. The highest BCUT2D eigenvalue weighted by atomic mass is 16.2. The topological polar surface area (TPSA) is 105 Å². The SMILES string of the molecule is CC(=O)Nc1ccc(NC(=O)C2CCCN(c3ccc4nnc(C)n4n3)C2)cc1. The van der Waals surface area contributed by atoms with E-state index in [1.807, 2.05) is 19.1 Å². The van der Waals surface area contributed by atoms with Gasteiger partial charge in [-0.25, -0.2) is 0 Å². The standard InChI is InChI=1S/C20H23N7O2/c1-13-23-24-18-9-10-19(25-27(13)18)26-11-3-4-15(12-26)20(29)22-17-7-5-16(6-8-17)21-14(2)28/h5-10,15H,3-4,11-12H2,1-2H3,(H,21,28)(H,22,29). The number of carbonyl (C=O) groups excluding carboxylic acids is 2. The number of aromatic nitrogens is 4. The van der Waals surface area contributed by atoms with Gasteiger partial charge < -0.3 is 15.5 Å². The van der Waals surface area contributed by atoms with E-state index in [0.717, 1.165) is 31.0 Å². The molecule has 2 aromatic heterocycles. The average molecular weight is 393 g/mol. The number of rotatable bonds is 4. The van der Waals surface area contributed by atoms with Crippen LogP contribution in [0, 0.1) is 12.8 Å². The van der Waals surface area contributed by atoms with Crippen molar-refractivity contribution in [2.24, 2.45) is 5.92 Å². The molecule has 150 valence electrons. The summed E-state index contributed by atoms with van der Waals surface area (Å²) < 4.78 is 1.72. The molecular weight excluding hydrogens is 370 g/mol. The monoisotopic (exact) mass is 393 g/mol. The number of anilines is 3. The zero-order valence-electron chi connectivity index (χ0n) is 16.4. The van der Waals surface area contributed by atoms with Gasteiger partial charge in [-0.15, -0.1) is 15.3 Å². The molecule has 4 rings (SSSR count). The van der Waals surface area contributed by atoms with Gasteiger partial charge in [0.05, 0.1) is 5.92 Å². The van der Waals surface area contributed by atoms with Crippen molar-refractivity contribution in [3.8, 4) is 0 Å². The van der Waals surface area contributed by atoms with Crippen molar-refractivity contribution in [1.29, 1.82) is 0 Å². The smallest absolute Gasteiger partial charge is 0.229 e. The third kappa shape index (κ3) is 4.18. The highest BCUT2D eigenvalue weighted by Crippen LogP contribution is 2.23. The van der Waals surface area contributed by atoms with Gasteiger partial charge in [-0.2, -0.15) is 4.52 Å². The fraction of sp³-hybridized carbons (Fsp3) is 0.350. The van der Waals surface area contributed by atoms with Gasteiger partial charge in [0, 0.05) is 31.4 Å². The van der Waals surface area contributed by atoms with Gasteiger partial charge in [0.25, 0.3) is 0 Å². The molecule has 0 bridgehead atoms. The Kier molecular flexibility index (Phi) is 5.11. The Labute approximate surface area is 168 Å². The second kappa shape index (κ2) is 7.86. The Morgan fingerprint density at radius 3 is 2.48 bits per heavy atom. The lowest BCUT2D eigenvalue weighted by Gasteiger charge is -2.32. The number of carbonyl (C=O) groups is 2. The number of fused-ring (bicyclic) bond motifs is 1. The molecular formula is C20H23N7O2. The van der Waals surface area contributed by atoms with Gasteiger partial charge in [0.1, 0.15) is 5.82 Å². The van der Waals surface area contributed by atoms with Crippen LogP contribution in [0.15, 0.2) is 36.4 Å². The maximum Gasteiger partial charge on any atom is 0.229 e. The minimum Gasteiger partial charge on any atom is -0.354 e. The van der Waals surface area contributed by atoms with Gasteiger partial charge >= 0.3 is 0 Å². The third-order valence-electron chi connectivity index (χ3n) is 4.99. The lowest BCUT2D eigenvalue weighted by Crippen LogP contribution is -2.41. The van der Waals surface area contributed by atoms with E-state index in [1.54, 1.807) is 28.8 Å². The van der Waals surface area contributed by atoms with Crippen LogP contribution in [0.2, 0.25) is 0 Å². The van der Waals surface area contributed by atoms with E-state index in [0.29, 0.717) is 23.6 Å². The Balaban J connectivity index is 1.42. The Hall–Kier alpha value is -3.49. The van der Waals surface area contributed by atoms with Gasteiger partial charge in [-0.3, -0.25) is 9.59 Å². The number of amides is 2. The molecule has 2 amide bonds. The fourth-order valence-electron chi connectivity index (χ4n) is 3.54. The summed E-state index contributed by atoms with van der Waals surface area (Å²) in [5.41, 5.74) is 2.12. The Morgan fingerprint density at radius 2 is 1.76 bits per heavy atom. The molecule has 2 N–H and O–H groups in total. The van der Waals surface area contributed by atoms with Gasteiger partial charge in [0.2, 0.25) is 11.8 Å². The van der Waals surface area contributed by atoms with E-state index in [2.05, 4.69) is 30.8 Å². The van der Waals surface area contributed by atoms with Crippen molar-refractivity contribution in [2.75, 3.05) is 28.6 Å². The van der Waals surface area contributed by atoms with E-state index >= 15 is 0 Å². The summed E-state index contributed by atoms with van der Waals surface area (Å²) in [6.07, 6.45) is 1.75. The highest BCUT2D eigenvalue weighted by molar-refractivity contribution is 5.94. The molecule has 1 aromatic carbocycles. The lowest BCUT2D eigenvalue weighted by molar-refractivity contribution is -0.120. The number of hydrogen-bond donors (Lipinski definition) is 2. The summed E-state index contributed by atoms with van der Waals surface area (Å²) in [5, 5.41) is 18.4. The van der Waals surface area contributed by atoms with Crippen LogP contribution in [0.3, 0.4) is 0 Å². The first-order chi connectivity index (χ1) is 14.0. The van der Waals surface area contributed by atoms with Crippen LogP contribution in [0.5, 0.6) is 0 Å². The predicted octanol–water partition coefficient (Wildman–Crippen LogP) is 2.25. The first kappa shape index (κ1) is 18.9. The van der Waals surface area contributed by atoms with Gasteiger partial charge in [-0.05, 0) is 56.2 Å². The largest absolute Gasteiger partial charge is 0.354 e. The maximum atomic E-state index is 12.8. The van der Waals surface area contributed by atoms with Crippen LogP contribution < -0.4 is 15.5 Å². The molecule has 0 saturated carbocycles. The fourth-order valence-corrected chi connectivity index (χ4v) is 3.54. The van der Waals surface area contributed by atoms with E-state index in [4.69, 9.17) is 0 Å². The van der Waals surface area contributed by atoms with E-state index in [1.165, 1.54) is 6.92 Å². The zero-order valence-corrected chi connectivity index (χ0v) is 16.4. The lowest BCUT2D eigenvalue weighted by atomic mass is 9.97. The summed E-state index contributed by atoms with van der Waals surface area (Å²) in [6, 6.07) is 10.9. The summed E-state index contributed by atoms with van der Waals surface area (Å²) in [7, 11) is 0. The van der Waals surface area contributed by atoms with Crippen molar-refractivity contribution >= 4 is 34.7 Å². The van der Waals surface area contributed by atoms with Crippen molar-refractivity contribution in [1.82, 2.24) is 19.8 Å². The van der Waals surface area contributed by atoms with Gasteiger partial charge in [0.15, 0.2) is 11.5 Å². The molecule has 9 nitrogen and oxygen atoms in total. The summed E-state index contributed by atoms with van der Waals surface area (Å²) in [5.74, 6) is 1.28. The Morgan fingerprint density at radius 1 is 1.03 bits per heavy atom. The Bertz CT molecular complexity index is 1040. The van der Waals surface area contributed by atoms with Crippen LogP contribution in [-0.2, 0) is 9.59 Å². The average Bonchev–Trinajstić information content (AvgIpc) is 3.09.